The third-order valence-electron chi connectivity index (χ3n) is 3.64. The molecule has 0 aliphatic rings. The summed E-state index contributed by atoms with van der Waals surface area (Å²) in [5, 5.41) is 2.71. The Balaban J connectivity index is 1.92. The molecule has 4 heteroatoms. The molecular weight excluding hydrogens is 290 g/mol. The Morgan fingerprint density at radius 2 is 1.74 bits per heavy atom. The van der Waals surface area contributed by atoms with Crippen LogP contribution in [0.5, 0.6) is 0 Å². The minimum Gasteiger partial charge on any atom is -0.455 e. The number of esters is 1. The van der Waals surface area contributed by atoms with Gasteiger partial charge < -0.3 is 10.1 Å². The predicted octanol–water partition coefficient (Wildman–Crippen LogP) is 3.45. The number of ether oxygens (including phenoxy) is 1. The molecule has 0 saturated carbocycles. The van der Waals surface area contributed by atoms with E-state index < -0.39 is 11.4 Å². The van der Waals surface area contributed by atoms with Gasteiger partial charge in [0.25, 0.3) is 5.91 Å². The van der Waals surface area contributed by atoms with Gasteiger partial charge >= 0.3 is 5.97 Å². The summed E-state index contributed by atoms with van der Waals surface area (Å²) in [5.74, 6) is -0.782. The van der Waals surface area contributed by atoms with Crippen molar-refractivity contribution in [2.75, 3.05) is 11.9 Å². The lowest BCUT2D eigenvalue weighted by atomic mass is 9.85. The quantitative estimate of drug-likeness (QED) is 0.860. The summed E-state index contributed by atoms with van der Waals surface area (Å²) in [6, 6.07) is 16.8. The first-order valence-electron chi connectivity index (χ1n) is 7.49. The van der Waals surface area contributed by atoms with Crippen LogP contribution in [0, 0.1) is 6.92 Å². The molecule has 0 saturated heterocycles. The molecule has 1 N–H and O–H groups in total. The van der Waals surface area contributed by atoms with Gasteiger partial charge in [0.2, 0.25) is 0 Å². The second kappa shape index (κ2) is 7.09. The molecule has 0 atom stereocenters. The molecule has 0 spiro atoms. The molecule has 0 aliphatic carbocycles. The monoisotopic (exact) mass is 311 g/mol. The summed E-state index contributed by atoms with van der Waals surface area (Å²) in [5.41, 5.74) is 1.78. The SMILES string of the molecule is Cc1cccc(NC(=O)COC(=O)C(C)(C)c2ccccc2)c1. The Morgan fingerprint density at radius 1 is 1.04 bits per heavy atom. The molecule has 0 bridgehead atoms. The van der Waals surface area contributed by atoms with Crippen molar-refractivity contribution in [2.24, 2.45) is 0 Å². The van der Waals surface area contributed by atoms with Crippen LogP contribution in [0.25, 0.3) is 0 Å². The van der Waals surface area contributed by atoms with Gasteiger partial charge in [-0.25, -0.2) is 0 Å². The first-order valence-corrected chi connectivity index (χ1v) is 7.49. The maximum atomic E-state index is 12.3. The number of nitrogens with one attached hydrogen (secondary N) is 1. The summed E-state index contributed by atoms with van der Waals surface area (Å²) >= 11 is 0. The Labute approximate surface area is 136 Å². The van der Waals surface area contributed by atoms with Crippen LogP contribution < -0.4 is 5.32 Å². The van der Waals surface area contributed by atoms with Crippen molar-refractivity contribution in [2.45, 2.75) is 26.2 Å². The zero-order valence-corrected chi connectivity index (χ0v) is 13.6. The number of hydrogen-bond acceptors (Lipinski definition) is 3. The molecule has 0 heterocycles. The third-order valence-corrected chi connectivity index (χ3v) is 3.64. The van der Waals surface area contributed by atoms with Crippen LogP contribution in [0.2, 0.25) is 0 Å². The van der Waals surface area contributed by atoms with Gasteiger partial charge in [-0.15, -0.1) is 0 Å². The van der Waals surface area contributed by atoms with Gasteiger partial charge in [-0.05, 0) is 44.0 Å². The molecule has 2 aromatic rings. The van der Waals surface area contributed by atoms with E-state index in [1.165, 1.54) is 0 Å². The molecular formula is C19H21NO3. The lowest BCUT2D eigenvalue weighted by Gasteiger charge is -2.22. The van der Waals surface area contributed by atoms with Crippen molar-refractivity contribution in [3.63, 3.8) is 0 Å². The maximum absolute atomic E-state index is 12.3. The van der Waals surface area contributed by atoms with E-state index in [0.717, 1.165) is 11.1 Å². The Bertz CT molecular complexity index is 693. The Kier molecular flexibility index (Phi) is 5.16. The summed E-state index contributed by atoms with van der Waals surface area (Å²) in [6.07, 6.45) is 0. The van der Waals surface area contributed by atoms with Gasteiger partial charge in [0, 0.05) is 5.69 Å². The largest absolute Gasteiger partial charge is 0.455 e. The summed E-state index contributed by atoms with van der Waals surface area (Å²) < 4.78 is 5.17. The minimum absolute atomic E-state index is 0.303. The van der Waals surface area contributed by atoms with Crippen LogP contribution in [0.4, 0.5) is 5.69 Å². The van der Waals surface area contributed by atoms with E-state index in [9.17, 15) is 9.59 Å². The molecule has 120 valence electrons. The molecule has 4 nitrogen and oxygen atoms in total. The number of carbonyl (C=O) groups excluding carboxylic acids is 2. The summed E-state index contributed by atoms with van der Waals surface area (Å²) in [4.78, 5) is 24.2. The number of hydrogen-bond donors (Lipinski definition) is 1. The van der Waals surface area contributed by atoms with Gasteiger partial charge in [-0.2, -0.15) is 0 Å². The Hall–Kier alpha value is -2.62. The van der Waals surface area contributed by atoms with E-state index in [0.29, 0.717) is 5.69 Å². The first-order chi connectivity index (χ1) is 10.9. The number of rotatable bonds is 5. The average molecular weight is 311 g/mol. The van der Waals surface area contributed by atoms with Crippen LogP contribution in [0.3, 0.4) is 0 Å². The maximum Gasteiger partial charge on any atom is 0.316 e. The summed E-state index contributed by atoms with van der Waals surface area (Å²) in [6.45, 7) is 5.20. The smallest absolute Gasteiger partial charge is 0.316 e. The van der Waals surface area contributed by atoms with E-state index in [2.05, 4.69) is 5.32 Å². The topological polar surface area (TPSA) is 55.4 Å². The van der Waals surface area contributed by atoms with E-state index in [1.807, 2.05) is 55.5 Å². The fourth-order valence-electron chi connectivity index (χ4n) is 2.20. The molecule has 0 aromatic heterocycles. The van der Waals surface area contributed by atoms with Gasteiger partial charge in [-0.1, -0.05) is 42.5 Å². The Morgan fingerprint density at radius 3 is 2.39 bits per heavy atom. The highest BCUT2D eigenvalue weighted by Gasteiger charge is 2.31. The number of benzene rings is 2. The van der Waals surface area contributed by atoms with Crippen LogP contribution in [0.15, 0.2) is 54.6 Å². The molecule has 0 unspecified atom stereocenters. The van der Waals surface area contributed by atoms with Gasteiger partial charge in [0.15, 0.2) is 6.61 Å². The standard InChI is InChI=1S/C19H21NO3/c1-14-8-7-11-16(12-14)20-17(21)13-23-18(22)19(2,3)15-9-5-4-6-10-15/h4-12H,13H2,1-3H3,(H,20,21). The first kappa shape index (κ1) is 16.7. The second-order valence-corrected chi connectivity index (χ2v) is 5.98. The molecule has 2 rings (SSSR count). The molecule has 0 radical (unpaired) electrons. The van der Waals surface area contributed by atoms with Gasteiger partial charge in [0.05, 0.1) is 5.41 Å². The lowest BCUT2D eigenvalue weighted by Crippen LogP contribution is -2.33. The van der Waals surface area contributed by atoms with Crippen molar-refractivity contribution < 1.29 is 14.3 Å². The normalized spacial score (nSPS) is 10.9. The van der Waals surface area contributed by atoms with Crippen LogP contribution in [0.1, 0.15) is 25.0 Å². The van der Waals surface area contributed by atoms with Crippen molar-refractivity contribution >= 4 is 17.6 Å². The second-order valence-electron chi connectivity index (χ2n) is 5.98. The van der Waals surface area contributed by atoms with Crippen LogP contribution >= 0.6 is 0 Å². The number of anilines is 1. The van der Waals surface area contributed by atoms with E-state index in [1.54, 1.807) is 19.9 Å². The fourth-order valence-corrected chi connectivity index (χ4v) is 2.20. The third kappa shape index (κ3) is 4.42. The number of carbonyl (C=O) groups is 2. The summed E-state index contributed by atoms with van der Waals surface area (Å²) in [7, 11) is 0. The molecule has 2 aromatic carbocycles. The highest BCUT2D eigenvalue weighted by molar-refractivity contribution is 5.93. The minimum atomic E-state index is -0.801. The lowest BCUT2D eigenvalue weighted by molar-refractivity contribution is -0.152. The van der Waals surface area contributed by atoms with E-state index in [-0.39, 0.29) is 12.5 Å². The van der Waals surface area contributed by atoms with E-state index in [4.69, 9.17) is 4.74 Å². The van der Waals surface area contributed by atoms with Crippen molar-refractivity contribution in [3.8, 4) is 0 Å². The van der Waals surface area contributed by atoms with Crippen molar-refractivity contribution in [3.05, 3.63) is 65.7 Å². The van der Waals surface area contributed by atoms with Crippen LogP contribution in [-0.4, -0.2) is 18.5 Å². The fraction of sp³-hybridized carbons (Fsp3) is 0.263. The van der Waals surface area contributed by atoms with Crippen molar-refractivity contribution in [1.29, 1.82) is 0 Å². The van der Waals surface area contributed by atoms with Crippen molar-refractivity contribution in [1.82, 2.24) is 0 Å². The van der Waals surface area contributed by atoms with Crippen LogP contribution in [-0.2, 0) is 19.7 Å². The highest BCUT2D eigenvalue weighted by atomic mass is 16.5. The molecule has 0 fully saturated rings. The molecule has 0 aliphatic heterocycles. The predicted molar refractivity (Wildman–Crippen MR) is 90.2 cm³/mol. The average Bonchev–Trinajstić information content (AvgIpc) is 2.53. The van der Waals surface area contributed by atoms with E-state index >= 15 is 0 Å². The zero-order chi connectivity index (χ0) is 16.9. The molecule has 1 amide bonds. The van der Waals surface area contributed by atoms with Gasteiger partial charge in [-0.3, -0.25) is 9.59 Å². The number of aryl methyl sites for hydroxylation is 1. The molecule has 23 heavy (non-hydrogen) atoms. The number of amides is 1. The van der Waals surface area contributed by atoms with Gasteiger partial charge in [0.1, 0.15) is 0 Å². The highest BCUT2D eigenvalue weighted by Crippen LogP contribution is 2.24. The zero-order valence-electron chi connectivity index (χ0n) is 13.6.